The molecule has 52 heavy (non-hydrogen) atoms. The van der Waals surface area contributed by atoms with Crippen LogP contribution in [0.5, 0.6) is 5.75 Å². The lowest BCUT2D eigenvalue weighted by atomic mass is 10.0. The number of rotatable bonds is 21. The van der Waals surface area contributed by atoms with Gasteiger partial charge in [0.1, 0.15) is 18.5 Å². The van der Waals surface area contributed by atoms with Gasteiger partial charge in [0.2, 0.25) is 6.41 Å². The fourth-order valence-electron chi connectivity index (χ4n) is 6.62. The predicted molar refractivity (Wildman–Crippen MR) is 208 cm³/mol. The van der Waals surface area contributed by atoms with Gasteiger partial charge in [0.15, 0.2) is 0 Å². The summed E-state index contributed by atoms with van der Waals surface area (Å²) in [4.78, 5) is 26.4. The number of likely N-dealkylation sites (tertiary alicyclic amines) is 1. The number of para-hydroxylation sites is 1. The molecule has 4 aromatic rings. The van der Waals surface area contributed by atoms with Gasteiger partial charge in [-0.05, 0) is 73.7 Å². The summed E-state index contributed by atoms with van der Waals surface area (Å²) in [5, 5.41) is 19.7. The van der Waals surface area contributed by atoms with Gasteiger partial charge in [-0.25, -0.2) is 4.79 Å². The Bertz CT molecular complexity index is 1630. The summed E-state index contributed by atoms with van der Waals surface area (Å²) in [5.41, 5.74) is 5.11. The molecule has 0 aromatic heterocycles. The van der Waals surface area contributed by atoms with E-state index in [0.717, 1.165) is 73.4 Å². The van der Waals surface area contributed by atoms with Gasteiger partial charge < -0.3 is 30.1 Å². The van der Waals surface area contributed by atoms with E-state index < -0.39 is 6.10 Å². The molecule has 0 unspecified atom stereocenters. The van der Waals surface area contributed by atoms with Crippen LogP contribution in [0.2, 0.25) is 0 Å². The van der Waals surface area contributed by atoms with E-state index in [1.165, 1.54) is 38.5 Å². The lowest BCUT2D eigenvalue weighted by Gasteiger charge is -2.31. The van der Waals surface area contributed by atoms with Crippen LogP contribution in [0.4, 0.5) is 16.2 Å². The average molecular weight is 707 g/mol. The highest BCUT2D eigenvalue weighted by atomic mass is 16.6. The molecule has 276 valence electrons. The second kappa shape index (κ2) is 21.6. The molecule has 1 aliphatic heterocycles. The van der Waals surface area contributed by atoms with Crippen LogP contribution in [0.15, 0.2) is 103 Å². The van der Waals surface area contributed by atoms with E-state index in [1.54, 1.807) is 12.1 Å². The highest BCUT2D eigenvalue weighted by Gasteiger charge is 2.22. The Kier molecular flexibility index (Phi) is 16.0. The fourth-order valence-corrected chi connectivity index (χ4v) is 6.62. The standard InChI is InChI=1S/C43H54N4O5/c48-33-45-40-30-36(22-23-42(40)51-32-34-16-8-6-9-17-34)41(49)31-44-26-14-4-2-1-3-5-15-27-47-28-24-37(25-29-47)52-43(50)46-39-21-13-12-20-38(39)35-18-10-7-11-19-35/h6-13,16-23,30,33,37,41,44,49H,1-5,14-15,24-29,31-32H2,(H,45,48)(H,46,50)/t41-/m1/s1. The number of unbranched alkanes of at least 4 members (excludes halogenated alkanes) is 6. The number of piperidine rings is 1. The Morgan fingerprint density at radius 1 is 0.808 bits per heavy atom. The van der Waals surface area contributed by atoms with Crippen LogP contribution in [0.1, 0.15) is 75.0 Å². The first-order valence-corrected chi connectivity index (χ1v) is 18.8. The van der Waals surface area contributed by atoms with Crippen LogP contribution >= 0.6 is 0 Å². The summed E-state index contributed by atoms with van der Waals surface area (Å²) in [6.45, 7) is 4.73. The SMILES string of the molecule is O=CNc1cc([C@H](O)CNCCCCCCCCCN2CCC(OC(=O)Nc3ccccc3-c3ccccc3)CC2)ccc1OCc1ccccc1. The van der Waals surface area contributed by atoms with Gasteiger partial charge in [0, 0.05) is 25.2 Å². The third kappa shape index (κ3) is 12.8. The summed E-state index contributed by atoms with van der Waals surface area (Å²) < 4.78 is 11.7. The van der Waals surface area contributed by atoms with E-state index in [2.05, 4.69) is 20.9 Å². The molecule has 0 spiro atoms. The van der Waals surface area contributed by atoms with Gasteiger partial charge in [-0.3, -0.25) is 10.1 Å². The molecular formula is C43H54N4O5. The van der Waals surface area contributed by atoms with E-state index in [0.29, 0.717) is 31.0 Å². The van der Waals surface area contributed by atoms with Crippen LogP contribution < -0.4 is 20.7 Å². The number of carbonyl (C=O) groups is 2. The van der Waals surface area contributed by atoms with Crippen molar-refractivity contribution in [2.75, 3.05) is 43.4 Å². The Morgan fingerprint density at radius 2 is 1.48 bits per heavy atom. The molecule has 4 aromatic carbocycles. The number of benzene rings is 4. The minimum Gasteiger partial charge on any atom is -0.487 e. The molecule has 0 bridgehead atoms. The van der Waals surface area contributed by atoms with Gasteiger partial charge in [-0.15, -0.1) is 0 Å². The van der Waals surface area contributed by atoms with Gasteiger partial charge in [0.05, 0.1) is 17.5 Å². The zero-order valence-corrected chi connectivity index (χ0v) is 30.2. The quantitative estimate of drug-likeness (QED) is 0.0508. The number of hydrogen-bond donors (Lipinski definition) is 4. The number of nitrogens with zero attached hydrogens (tertiary/aromatic N) is 1. The summed E-state index contributed by atoms with van der Waals surface area (Å²) in [6.07, 6.45) is 9.64. The molecule has 1 aliphatic rings. The minimum atomic E-state index is -0.679. The number of nitrogens with one attached hydrogen (secondary N) is 3. The molecule has 0 radical (unpaired) electrons. The van der Waals surface area contributed by atoms with Crippen molar-refractivity contribution in [3.8, 4) is 16.9 Å². The average Bonchev–Trinajstić information content (AvgIpc) is 3.18. The van der Waals surface area contributed by atoms with Crippen LogP contribution in [0, 0.1) is 0 Å². The maximum Gasteiger partial charge on any atom is 0.411 e. The van der Waals surface area contributed by atoms with Gasteiger partial charge in [0.25, 0.3) is 0 Å². The highest BCUT2D eigenvalue weighted by molar-refractivity contribution is 5.91. The van der Waals surface area contributed by atoms with E-state index in [-0.39, 0.29) is 12.2 Å². The molecule has 1 saturated heterocycles. The Hall–Kier alpha value is -4.70. The minimum absolute atomic E-state index is 0.0477. The van der Waals surface area contributed by atoms with E-state index in [1.807, 2.05) is 91.0 Å². The molecule has 2 amide bonds. The van der Waals surface area contributed by atoms with Crippen LogP contribution in [0.3, 0.4) is 0 Å². The maximum atomic E-state index is 12.7. The molecule has 9 heteroatoms. The van der Waals surface area contributed by atoms with Crippen molar-refractivity contribution < 1.29 is 24.2 Å². The van der Waals surface area contributed by atoms with Crippen LogP contribution in [-0.2, 0) is 16.1 Å². The normalized spacial score (nSPS) is 14.0. The Morgan fingerprint density at radius 3 is 2.23 bits per heavy atom. The number of aliphatic hydroxyl groups excluding tert-OH is 1. The number of ether oxygens (including phenoxy) is 2. The molecule has 0 saturated carbocycles. The smallest absolute Gasteiger partial charge is 0.411 e. The van der Waals surface area contributed by atoms with Crippen molar-refractivity contribution in [3.63, 3.8) is 0 Å². The third-order valence-electron chi connectivity index (χ3n) is 9.56. The number of anilines is 2. The molecule has 4 N–H and O–H groups in total. The van der Waals surface area contributed by atoms with E-state index >= 15 is 0 Å². The first kappa shape index (κ1) is 38.5. The summed E-state index contributed by atoms with van der Waals surface area (Å²) in [7, 11) is 0. The summed E-state index contributed by atoms with van der Waals surface area (Å²) in [6, 6.07) is 33.1. The van der Waals surface area contributed by atoms with Crippen molar-refractivity contribution in [2.24, 2.45) is 0 Å². The van der Waals surface area contributed by atoms with Crippen molar-refractivity contribution in [1.82, 2.24) is 10.2 Å². The van der Waals surface area contributed by atoms with Crippen LogP contribution in [-0.4, -0.2) is 61.3 Å². The van der Waals surface area contributed by atoms with Crippen LogP contribution in [0.25, 0.3) is 11.1 Å². The third-order valence-corrected chi connectivity index (χ3v) is 9.56. The fraction of sp³-hybridized carbons (Fsp3) is 0.395. The topological polar surface area (TPSA) is 112 Å². The number of carbonyl (C=O) groups excluding carboxylic acids is 2. The predicted octanol–water partition coefficient (Wildman–Crippen LogP) is 8.57. The lowest BCUT2D eigenvalue weighted by molar-refractivity contribution is -0.105. The second-order valence-electron chi connectivity index (χ2n) is 13.5. The molecule has 0 aliphatic carbocycles. The van der Waals surface area contributed by atoms with Gasteiger partial charge in [-0.1, -0.05) is 117 Å². The number of hydrogen-bond acceptors (Lipinski definition) is 7. The Labute approximate surface area is 308 Å². The van der Waals surface area contributed by atoms with Crippen molar-refractivity contribution in [3.05, 3.63) is 114 Å². The zero-order chi connectivity index (χ0) is 36.2. The first-order valence-electron chi connectivity index (χ1n) is 18.8. The molecule has 9 nitrogen and oxygen atoms in total. The van der Waals surface area contributed by atoms with Crippen molar-refractivity contribution in [1.29, 1.82) is 0 Å². The number of amides is 2. The van der Waals surface area contributed by atoms with E-state index in [9.17, 15) is 14.7 Å². The summed E-state index contributed by atoms with van der Waals surface area (Å²) >= 11 is 0. The van der Waals surface area contributed by atoms with Crippen molar-refractivity contribution >= 4 is 23.9 Å². The Balaban J connectivity index is 0.865. The monoisotopic (exact) mass is 706 g/mol. The number of aliphatic hydroxyl groups is 1. The van der Waals surface area contributed by atoms with Gasteiger partial charge >= 0.3 is 6.09 Å². The molecule has 1 fully saturated rings. The maximum absolute atomic E-state index is 12.7. The summed E-state index contributed by atoms with van der Waals surface area (Å²) in [5.74, 6) is 0.565. The molecular weight excluding hydrogens is 652 g/mol. The highest BCUT2D eigenvalue weighted by Crippen LogP contribution is 2.30. The zero-order valence-electron chi connectivity index (χ0n) is 30.2. The lowest BCUT2D eigenvalue weighted by Crippen LogP contribution is -2.38. The first-order chi connectivity index (χ1) is 25.6. The van der Waals surface area contributed by atoms with Crippen molar-refractivity contribution in [2.45, 2.75) is 76.6 Å². The molecule has 1 heterocycles. The second-order valence-corrected chi connectivity index (χ2v) is 13.5. The molecule has 1 atom stereocenters. The molecule has 5 rings (SSSR count). The van der Waals surface area contributed by atoms with Gasteiger partial charge in [-0.2, -0.15) is 0 Å². The van der Waals surface area contributed by atoms with E-state index in [4.69, 9.17) is 9.47 Å². The largest absolute Gasteiger partial charge is 0.487 e.